The number of allylic oxidation sites excluding steroid dienone is 2. The van der Waals surface area contributed by atoms with Crippen LogP contribution in [0.3, 0.4) is 0 Å². The van der Waals surface area contributed by atoms with Crippen LogP contribution in [0.15, 0.2) is 12.2 Å². The fourth-order valence-corrected chi connectivity index (χ4v) is 2.20. The van der Waals surface area contributed by atoms with E-state index in [9.17, 15) is 14.4 Å². The number of cyclic esters (lactones) is 2. The lowest BCUT2D eigenvalue weighted by molar-refractivity contribution is -0.154. The molecule has 1 heterocycles. The predicted molar refractivity (Wildman–Crippen MR) is 79.4 cm³/mol. The van der Waals surface area contributed by atoms with Crippen molar-refractivity contribution in [1.29, 1.82) is 0 Å². The normalized spacial score (nSPS) is 29.4. The van der Waals surface area contributed by atoms with Crippen molar-refractivity contribution in [2.75, 3.05) is 0 Å². The molecule has 0 amide bonds. The van der Waals surface area contributed by atoms with Gasteiger partial charge in [-0.2, -0.15) is 0 Å². The van der Waals surface area contributed by atoms with Gasteiger partial charge in [-0.05, 0) is 11.8 Å². The maximum atomic E-state index is 11.3. The van der Waals surface area contributed by atoms with Crippen LogP contribution in [-0.2, 0) is 19.1 Å². The van der Waals surface area contributed by atoms with Crippen LogP contribution in [0.25, 0.3) is 0 Å². The summed E-state index contributed by atoms with van der Waals surface area (Å²) < 4.78 is 4.63. The van der Waals surface area contributed by atoms with Gasteiger partial charge < -0.3 is 9.84 Å². The van der Waals surface area contributed by atoms with Crippen LogP contribution in [0.1, 0.15) is 47.5 Å². The minimum absolute atomic E-state index is 0.125. The first-order valence-electron chi connectivity index (χ1n) is 7.45. The van der Waals surface area contributed by atoms with Crippen LogP contribution in [0.5, 0.6) is 0 Å². The third-order valence-corrected chi connectivity index (χ3v) is 3.29. The van der Waals surface area contributed by atoms with Gasteiger partial charge in [0.2, 0.25) is 0 Å². The molecule has 0 saturated carbocycles. The molecule has 0 spiro atoms. The standard InChI is InChI=1S/C10H12O3.C3H6O2.C3H8/c1-5-3-4-6(2)8-7(5)9(11)13-10(8)12;1-2-3(4)5;1-3-2/h3-8H,1-2H3;2H2,1H3,(H,4,5);3H2,1-2H3. The topological polar surface area (TPSA) is 80.7 Å². The predicted octanol–water partition coefficient (Wildman–Crippen LogP) is 3.04. The molecule has 1 saturated heterocycles. The smallest absolute Gasteiger partial charge is 0.318 e. The van der Waals surface area contributed by atoms with Gasteiger partial charge in [0, 0.05) is 6.42 Å². The SMILES string of the molecule is CC1C=CC(C)C2C(=O)OC(=O)C12.CCC.CCC(=O)O. The lowest BCUT2D eigenvalue weighted by atomic mass is 9.73. The van der Waals surface area contributed by atoms with E-state index in [1.807, 2.05) is 26.0 Å². The number of fused-ring (bicyclic) bond motifs is 1. The van der Waals surface area contributed by atoms with Crippen molar-refractivity contribution in [2.24, 2.45) is 23.7 Å². The van der Waals surface area contributed by atoms with Gasteiger partial charge in [-0.25, -0.2) is 0 Å². The number of hydrogen-bond acceptors (Lipinski definition) is 4. The summed E-state index contributed by atoms with van der Waals surface area (Å²) in [5, 5.41) is 7.72. The Bertz CT molecular complexity index is 371. The number of ether oxygens (including phenoxy) is 1. The Morgan fingerprint density at radius 2 is 1.33 bits per heavy atom. The van der Waals surface area contributed by atoms with Gasteiger partial charge in [0.05, 0.1) is 11.8 Å². The largest absolute Gasteiger partial charge is 0.481 e. The Balaban J connectivity index is 0.000000422. The van der Waals surface area contributed by atoms with E-state index in [0.717, 1.165) is 0 Å². The van der Waals surface area contributed by atoms with Crippen molar-refractivity contribution in [3.63, 3.8) is 0 Å². The molecule has 4 unspecified atom stereocenters. The molecule has 0 radical (unpaired) electrons. The second-order valence-corrected chi connectivity index (χ2v) is 5.35. The van der Waals surface area contributed by atoms with Crippen LogP contribution in [0.2, 0.25) is 0 Å². The Kier molecular flexibility index (Phi) is 8.58. The van der Waals surface area contributed by atoms with Gasteiger partial charge in [-0.15, -0.1) is 0 Å². The summed E-state index contributed by atoms with van der Waals surface area (Å²) in [6, 6.07) is 0. The molecular weight excluding hydrogens is 272 g/mol. The molecule has 1 N–H and O–H groups in total. The van der Waals surface area contributed by atoms with Crippen molar-refractivity contribution in [3.05, 3.63) is 12.2 Å². The highest BCUT2D eigenvalue weighted by Crippen LogP contribution is 2.39. The number of carbonyl (C=O) groups excluding carboxylic acids is 2. The minimum atomic E-state index is -0.745. The zero-order chi connectivity index (χ0) is 16.6. The van der Waals surface area contributed by atoms with Crippen molar-refractivity contribution in [3.8, 4) is 0 Å². The van der Waals surface area contributed by atoms with E-state index in [1.54, 1.807) is 6.92 Å². The monoisotopic (exact) mass is 298 g/mol. The molecule has 1 aliphatic carbocycles. The van der Waals surface area contributed by atoms with E-state index in [4.69, 9.17) is 5.11 Å². The molecule has 0 aromatic heterocycles. The fourth-order valence-electron chi connectivity index (χ4n) is 2.20. The average Bonchev–Trinajstić information content (AvgIpc) is 2.72. The summed E-state index contributed by atoms with van der Waals surface area (Å²) in [6.07, 6.45) is 5.46. The van der Waals surface area contributed by atoms with Crippen LogP contribution in [0.4, 0.5) is 0 Å². The molecule has 1 aliphatic heterocycles. The van der Waals surface area contributed by atoms with Crippen LogP contribution in [-0.4, -0.2) is 23.0 Å². The summed E-state index contributed by atoms with van der Waals surface area (Å²) in [5.41, 5.74) is 0. The highest BCUT2D eigenvalue weighted by Gasteiger charge is 2.49. The van der Waals surface area contributed by atoms with Gasteiger partial charge >= 0.3 is 17.9 Å². The number of carbonyl (C=O) groups is 3. The van der Waals surface area contributed by atoms with E-state index in [-0.39, 0.29) is 42.0 Å². The van der Waals surface area contributed by atoms with Crippen molar-refractivity contribution >= 4 is 17.9 Å². The third-order valence-electron chi connectivity index (χ3n) is 3.29. The highest BCUT2D eigenvalue weighted by atomic mass is 16.6. The maximum Gasteiger partial charge on any atom is 0.318 e. The molecule has 5 heteroatoms. The number of rotatable bonds is 1. The van der Waals surface area contributed by atoms with Gasteiger partial charge in [0.15, 0.2) is 0 Å². The summed E-state index contributed by atoms with van der Waals surface area (Å²) >= 11 is 0. The third kappa shape index (κ3) is 5.69. The molecule has 120 valence electrons. The molecule has 2 aliphatic rings. The average molecular weight is 298 g/mol. The highest BCUT2D eigenvalue weighted by molar-refractivity contribution is 5.97. The fraction of sp³-hybridized carbons (Fsp3) is 0.688. The molecule has 0 aromatic rings. The molecule has 1 fully saturated rings. The molecule has 21 heavy (non-hydrogen) atoms. The summed E-state index contributed by atoms with van der Waals surface area (Å²) in [4.78, 5) is 32.0. The Morgan fingerprint density at radius 3 is 1.57 bits per heavy atom. The number of hydrogen-bond donors (Lipinski definition) is 1. The van der Waals surface area contributed by atoms with Crippen LogP contribution < -0.4 is 0 Å². The molecule has 0 aromatic carbocycles. The lowest BCUT2D eigenvalue weighted by Gasteiger charge is -2.26. The molecule has 2 rings (SSSR count). The van der Waals surface area contributed by atoms with Gasteiger partial charge in [0.25, 0.3) is 0 Å². The summed E-state index contributed by atoms with van der Waals surface area (Å²) in [6.45, 7) is 9.74. The second-order valence-electron chi connectivity index (χ2n) is 5.35. The van der Waals surface area contributed by atoms with Gasteiger partial charge in [0.1, 0.15) is 0 Å². The Hall–Kier alpha value is -1.65. The van der Waals surface area contributed by atoms with E-state index in [0.29, 0.717) is 0 Å². The Labute approximate surface area is 126 Å². The lowest BCUT2D eigenvalue weighted by Crippen LogP contribution is -2.31. The van der Waals surface area contributed by atoms with Crippen molar-refractivity contribution in [2.45, 2.75) is 47.5 Å². The quantitative estimate of drug-likeness (QED) is 0.457. The van der Waals surface area contributed by atoms with Gasteiger partial charge in [-0.1, -0.05) is 53.2 Å². The number of carboxylic acids is 1. The van der Waals surface area contributed by atoms with E-state index < -0.39 is 5.97 Å². The summed E-state index contributed by atoms with van der Waals surface area (Å²) in [7, 11) is 0. The number of esters is 2. The first kappa shape index (κ1) is 19.4. The summed E-state index contributed by atoms with van der Waals surface area (Å²) in [5.74, 6) is -1.68. The minimum Gasteiger partial charge on any atom is -0.481 e. The molecule has 4 atom stereocenters. The van der Waals surface area contributed by atoms with Crippen LogP contribution >= 0.6 is 0 Å². The molecular formula is C16H26O5. The first-order chi connectivity index (χ1) is 9.79. The Morgan fingerprint density at radius 1 is 1.05 bits per heavy atom. The van der Waals surface area contributed by atoms with E-state index in [2.05, 4.69) is 18.6 Å². The van der Waals surface area contributed by atoms with Crippen molar-refractivity contribution in [1.82, 2.24) is 0 Å². The first-order valence-corrected chi connectivity index (χ1v) is 7.45. The number of aliphatic carboxylic acids is 1. The zero-order valence-corrected chi connectivity index (χ0v) is 13.5. The van der Waals surface area contributed by atoms with E-state index >= 15 is 0 Å². The van der Waals surface area contributed by atoms with Crippen molar-refractivity contribution < 1.29 is 24.2 Å². The van der Waals surface area contributed by atoms with E-state index in [1.165, 1.54) is 6.42 Å². The molecule has 5 nitrogen and oxygen atoms in total. The zero-order valence-electron chi connectivity index (χ0n) is 13.5. The second kappa shape index (κ2) is 9.32. The van der Waals surface area contributed by atoms with Gasteiger partial charge in [-0.3, -0.25) is 14.4 Å². The number of carboxylic acid groups (broad SMARTS) is 1. The molecule has 0 bridgehead atoms. The van der Waals surface area contributed by atoms with Crippen LogP contribution in [0, 0.1) is 23.7 Å². The maximum absolute atomic E-state index is 11.3.